The van der Waals surface area contributed by atoms with E-state index in [-0.39, 0.29) is 16.7 Å². The predicted octanol–water partition coefficient (Wildman–Crippen LogP) is 4.61. The minimum atomic E-state index is -0.495. The lowest BCUT2D eigenvalue weighted by Crippen LogP contribution is -2.58. The van der Waals surface area contributed by atoms with E-state index in [1.165, 1.54) is 32.1 Å². The Balaban J connectivity index is 1.65. The number of Topliss-reactive ketones (excluding diaryl/α,β-unsaturated/α-hetero) is 1. The van der Waals surface area contributed by atoms with Gasteiger partial charge in [-0.05, 0) is 106 Å². The molecule has 4 saturated carbocycles. The van der Waals surface area contributed by atoms with Gasteiger partial charge in [-0.15, -0.1) is 0 Å². The fourth-order valence-electron chi connectivity index (χ4n) is 8.45. The Bertz CT molecular complexity index is 570. The lowest BCUT2D eigenvalue weighted by Gasteiger charge is -2.62. The first-order valence-electron chi connectivity index (χ1n) is 11.0. The molecule has 4 fully saturated rings. The summed E-state index contributed by atoms with van der Waals surface area (Å²) in [5.74, 6) is 3.50. The Kier molecular flexibility index (Phi) is 4.59. The molecule has 0 aromatic rings. The van der Waals surface area contributed by atoms with Gasteiger partial charge in [0.25, 0.3) is 0 Å². The summed E-state index contributed by atoms with van der Waals surface area (Å²) in [4.78, 5) is 12.3. The van der Waals surface area contributed by atoms with E-state index in [4.69, 9.17) is 4.74 Å². The van der Waals surface area contributed by atoms with Gasteiger partial charge in [0.05, 0.1) is 12.2 Å². The molecule has 148 valence electrons. The van der Waals surface area contributed by atoms with Gasteiger partial charge in [-0.3, -0.25) is 4.79 Å². The standard InChI is InChI=1S/C23H38O3/c1-15(24)18-7-8-19-17-6-5-16-13-21(2,25)11-12-23(16,14-26-4)20(17)9-10-22(18,19)3/h16-20,25H,5-14H2,1-4H3/t16-,17-,18+,19-,20-,21?,22+,23+/m0/s1. The smallest absolute Gasteiger partial charge is 0.133 e. The van der Waals surface area contributed by atoms with Gasteiger partial charge >= 0.3 is 0 Å². The van der Waals surface area contributed by atoms with Gasteiger partial charge in [-0.1, -0.05) is 6.92 Å². The number of rotatable bonds is 3. The number of hydrogen-bond acceptors (Lipinski definition) is 3. The van der Waals surface area contributed by atoms with E-state index in [9.17, 15) is 9.90 Å². The first-order valence-corrected chi connectivity index (χ1v) is 11.0. The van der Waals surface area contributed by atoms with Gasteiger partial charge < -0.3 is 9.84 Å². The highest BCUT2D eigenvalue weighted by Crippen LogP contribution is 2.68. The van der Waals surface area contributed by atoms with Crippen LogP contribution in [0, 0.1) is 40.4 Å². The van der Waals surface area contributed by atoms with E-state index in [1.54, 1.807) is 0 Å². The summed E-state index contributed by atoms with van der Waals surface area (Å²) in [6.07, 6.45) is 10.3. The van der Waals surface area contributed by atoms with Crippen LogP contribution >= 0.6 is 0 Å². The molecule has 0 heterocycles. The predicted molar refractivity (Wildman–Crippen MR) is 103 cm³/mol. The molecule has 0 radical (unpaired) electrons. The van der Waals surface area contributed by atoms with Crippen molar-refractivity contribution in [3.8, 4) is 0 Å². The molecule has 8 atom stereocenters. The minimum absolute atomic E-state index is 0.230. The minimum Gasteiger partial charge on any atom is -0.390 e. The van der Waals surface area contributed by atoms with Crippen LogP contribution in [0.5, 0.6) is 0 Å². The summed E-state index contributed by atoms with van der Waals surface area (Å²) in [6.45, 7) is 7.13. The van der Waals surface area contributed by atoms with E-state index in [2.05, 4.69) is 6.92 Å². The van der Waals surface area contributed by atoms with Crippen LogP contribution in [0.1, 0.15) is 78.6 Å². The summed E-state index contributed by atoms with van der Waals surface area (Å²) in [7, 11) is 1.86. The molecule has 0 amide bonds. The van der Waals surface area contributed by atoms with Crippen molar-refractivity contribution in [2.24, 2.45) is 40.4 Å². The van der Waals surface area contributed by atoms with Crippen LogP contribution < -0.4 is 0 Å². The molecular formula is C23H38O3. The van der Waals surface area contributed by atoms with Crippen LogP contribution in [0.15, 0.2) is 0 Å². The molecule has 26 heavy (non-hydrogen) atoms. The molecule has 3 heteroatoms. The monoisotopic (exact) mass is 362 g/mol. The maximum Gasteiger partial charge on any atom is 0.133 e. The lowest BCUT2D eigenvalue weighted by molar-refractivity contribution is -0.175. The molecule has 0 aliphatic heterocycles. The first kappa shape index (κ1) is 18.9. The third-order valence-corrected chi connectivity index (χ3v) is 9.56. The van der Waals surface area contributed by atoms with Gasteiger partial charge in [-0.25, -0.2) is 0 Å². The highest BCUT2D eigenvalue weighted by Gasteiger charge is 2.62. The van der Waals surface area contributed by atoms with Gasteiger partial charge in [0, 0.05) is 13.0 Å². The van der Waals surface area contributed by atoms with Crippen molar-refractivity contribution in [3.63, 3.8) is 0 Å². The Morgan fingerprint density at radius 1 is 1.04 bits per heavy atom. The van der Waals surface area contributed by atoms with Crippen molar-refractivity contribution in [2.75, 3.05) is 13.7 Å². The fraction of sp³-hybridized carbons (Fsp3) is 0.957. The summed E-state index contributed by atoms with van der Waals surface area (Å²) >= 11 is 0. The average Bonchev–Trinajstić information content (AvgIpc) is 2.92. The molecule has 4 aliphatic carbocycles. The highest BCUT2D eigenvalue weighted by atomic mass is 16.5. The SMILES string of the molecule is COC[C@]12CCC(C)(O)C[C@@H]1CC[C@H]1[C@@H]3CC[C@H](C(C)=O)[C@@]3(C)CC[C@@H]12. The number of ether oxygens (including phenoxy) is 1. The maximum absolute atomic E-state index is 12.3. The quantitative estimate of drug-likeness (QED) is 0.797. The zero-order chi connectivity index (χ0) is 18.7. The maximum atomic E-state index is 12.3. The number of hydrogen-bond donors (Lipinski definition) is 1. The second-order valence-corrected chi connectivity index (χ2v) is 10.8. The van der Waals surface area contributed by atoms with Gasteiger partial charge in [0.1, 0.15) is 5.78 Å². The summed E-state index contributed by atoms with van der Waals surface area (Å²) in [5, 5.41) is 10.7. The first-order chi connectivity index (χ1) is 12.2. The van der Waals surface area contributed by atoms with E-state index >= 15 is 0 Å². The second-order valence-electron chi connectivity index (χ2n) is 10.8. The summed E-state index contributed by atoms with van der Waals surface area (Å²) < 4.78 is 5.82. The second kappa shape index (κ2) is 6.30. The Labute approximate surface area is 159 Å². The number of methoxy groups -OCH3 is 1. The molecule has 0 bridgehead atoms. The van der Waals surface area contributed by atoms with Crippen LogP contribution in [-0.4, -0.2) is 30.2 Å². The normalized spacial score (nSPS) is 53.5. The van der Waals surface area contributed by atoms with E-state index in [0.29, 0.717) is 17.6 Å². The molecular weight excluding hydrogens is 324 g/mol. The van der Waals surface area contributed by atoms with Crippen molar-refractivity contribution < 1.29 is 14.6 Å². The number of carbonyl (C=O) groups is 1. The largest absolute Gasteiger partial charge is 0.390 e. The molecule has 1 unspecified atom stereocenters. The Morgan fingerprint density at radius 3 is 2.50 bits per heavy atom. The van der Waals surface area contributed by atoms with E-state index < -0.39 is 5.60 Å². The topological polar surface area (TPSA) is 46.5 Å². The number of aliphatic hydroxyl groups is 1. The summed E-state index contributed by atoms with van der Waals surface area (Å²) in [5.41, 5.74) is -0.00514. The molecule has 0 spiro atoms. The fourth-order valence-corrected chi connectivity index (χ4v) is 8.45. The lowest BCUT2D eigenvalue weighted by atomic mass is 9.43. The molecule has 0 saturated heterocycles. The molecule has 0 aromatic carbocycles. The Hall–Kier alpha value is -0.410. The van der Waals surface area contributed by atoms with Gasteiger partial charge in [-0.2, -0.15) is 0 Å². The molecule has 4 rings (SSSR count). The van der Waals surface area contributed by atoms with Crippen LogP contribution in [0.2, 0.25) is 0 Å². The van der Waals surface area contributed by atoms with Crippen molar-refractivity contribution in [3.05, 3.63) is 0 Å². The van der Waals surface area contributed by atoms with Crippen molar-refractivity contribution >= 4 is 5.78 Å². The summed E-state index contributed by atoms with van der Waals surface area (Å²) in [6, 6.07) is 0. The zero-order valence-corrected chi connectivity index (χ0v) is 17.2. The third kappa shape index (κ3) is 2.64. The van der Waals surface area contributed by atoms with Crippen LogP contribution in [0.4, 0.5) is 0 Å². The molecule has 3 nitrogen and oxygen atoms in total. The van der Waals surface area contributed by atoms with Crippen molar-refractivity contribution in [1.82, 2.24) is 0 Å². The van der Waals surface area contributed by atoms with E-state index in [1.807, 2.05) is 21.0 Å². The molecule has 4 aliphatic rings. The van der Waals surface area contributed by atoms with Crippen LogP contribution in [0.25, 0.3) is 0 Å². The van der Waals surface area contributed by atoms with Gasteiger partial charge in [0.15, 0.2) is 0 Å². The van der Waals surface area contributed by atoms with Gasteiger partial charge in [0.2, 0.25) is 0 Å². The van der Waals surface area contributed by atoms with Crippen molar-refractivity contribution in [2.45, 2.75) is 84.2 Å². The van der Waals surface area contributed by atoms with Crippen molar-refractivity contribution in [1.29, 1.82) is 0 Å². The van der Waals surface area contributed by atoms with E-state index in [0.717, 1.165) is 44.1 Å². The zero-order valence-electron chi connectivity index (χ0n) is 17.2. The highest BCUT2D eigenvalue weighted by molar-refractivity contribution is 5.79. The average molecular weight is 363 g/mol. The molecule has 1 N–H and O–H groups in total. The van der Waals surface area contributed by atoms with Crippen LogP contribution in [-0.2, 0) is 9.53 Å². The number of carbonyl (C=O) groups excluding carboxylic acids is 1. The Morgan fingerprint density at radius 2 is 1.81 bits per heavy atom. The number of fused-ring (bicyclic) bond motifs is 5. The molecule has 0 aromatic heterocycles. The third-order valence-electron chi connectivity index (χ3n) is 9.56. The van der Waals surface area contributed by atoms with Crippen LogP contribution in [0.3, 0.4) is 0 Å². The number of ketones is 1.